The van der Waals surface area contributed by atoms with Gasteiger partial charge in [0, 0.05) is 59.1 Å². The molecule has 0 spiro atoms. The molecule has 1 aliphatic rings. The van der Waals surface area contributed by atoms with Crippen molar-refractivity contribution in [2.75, 3.05) is 187 Å². The number of allylic oxidation sites excluding steroid dienone is 2. The molecule has 4 aromatic rings. The van der Waals surface area contributed by atoms with E-state index >= 15 is 26.3 Å². The molecule has 20 nitrogen and oxygen atoms in total. The number of methoxy groups -OCH3 is 4. The Morgan fingerprint density at radius 3 is 0.782 bits per heavy atom. The maximum absolute atomic E-state index is 16.6. The number of benzene rings is 2. The number of alkyl halides is 6. The van der Waals surface area contributed by atoms with Crippen LogP contribution >= 0.6 is 22.7 Å². The monoisotopic (exact) mass is 1280 g/mol. The van der Waals surface area contributed by atoms with Gasteiger partial charge in [-0.2, -0.15) is 26.3 Å². The van der Waals surface area contributed by atoms with Gasteiger partial charge in [-0.3, -0.25) is 0 Å². The van der Waals surface area contributed by atoms with E-state index in [1.54, 1.807) is 0 Å². The van der Waals surface area contributed by atoms with Crippen LogP contribution in [-0.2, 0) is 75.8 Å². The molecule has 0 radical (unpaired) electrons. The Kier molecular flexibility index (Phi) is 31.2. The van der Waals surface area contributed by atoms with Crippen LogP contribution in [0.2, 0.25) is 0 Å². The van der Waals surface area contributed by atoms with Crippen LogP contribution in [-0.4, -0.2) is 229 Å². The fourth-order valence-corrected chi connectivity index (χ4v) is 10.2. The first-order valence-electron chi connectivity index (χ1n) is 27.5. The molecule has 87 heavy (non-hydrogen) atoms. The summed E-state index contributed by atoms with van der Waals surface area (Å²) in [6.07, 6.45) is 0. The van der Waals surface area contributed by atoms with Crippen molar-refractivity contribution in [1.29, 1.82) is 0 Å². The zero-order chi connectivity index (χ0) is 63.2. The van der Waals surface area contributed by atoms with Gasteiger partial charge in [-0.25, -0.2) is 19.2 Å². The van der Waals surface area contributed by atoms with Crippen molar-refractivity contribution in [2.24, 2.45) is 0 Å². The van der Waals surface area contributed by atoms with Gasteiger partial charge >= 0.3 is 41.6 Å². The molecule has 5 rings (SSSR count). The average molecular weight is 1280 g/mol. The molecule has 0 atom stereocenters. The van der Waals surface area contributed by atoms with Crippen LogP contribution in [0.4, 0.5) is 26.3 Å². The van der Waals surface area contributed by atoms with Gasteiger partial charge < -0.3 is 75.8 Å². The minimum absolute atomic E-state index is 0.00360. The van der Waals surface area contributed by atoms with Gasteiger partial charge in [0.05, 0.1) is 154 Å². The lowest BCUT2D eigenvalue weighted by atomic mass is 9.94. The van der Waals surface area contributed by atoms with Crippen LogP contribution < -0.4 is 0 Å². The van der Waals surface area contributed by atoms with Gasteiger partial charge in [-0.1, -0.05) is 0 Å². The molecule has 2 heterocycles. The molecule has 484 valence electrons. The molecule has 0 bridgehead atoms. The summed E-state index contributed by atoms with van der Waals surface area (Å²) in [5.41, 5.74) is -5.54. The Morgan fingerprint density at radius 1 is 0.333 bits per heavy atom. The van der Waals surface area contributed by atoms with Crippen LogP contribution in [0.5, 0.6) is 0 Å². The molecule has 28 heteroatoms. The number of rotatable bonds is 44. The number of carbonyl (C=O) groups is 4. The van der Waals surface area contributed by atoms with Crippen molar-refractivity contribution in [2.45, 2.75) is 31.6 Å². The molecule has 0 saturated heterocycles. The summed E-state index contributed by atoms with van der Waals surface area (Å²) in [5, 5.41) is 0. The number of carbonyl (C=O) groups excluding carboxylic acids is 4. The van der Waals surface area contributed by atoms with Crippen LogP contribution in [0.1, 0.15) is 62.3 Å². The first-order valence-corrected chi connectivity index (χ1v) is 29.1. The molecule has 0 aliphatic heterocycles. The van der Waals surface area contributed by atoms with Crippen LogP contribution in [0.3, 0.4) is 0 Å². The minimum Gasteiger partial charge on any atom is -0.460 e. The minimum atomic E-state index is -5.97. The second-order valence-electron chi connectivity index (χ2n) is 18.6. The Bertz CT molecular complexity index is 2540. The molecule has 0 unspecified atom stereocenters. The standard InChI is InChI=1S/C59H74F6O20S2/c1-39-47(37-49(86-39)41-31-43(53(66)82-27-23-78-19-15-74-11-7-70-3)35-44(32-41)54(67)83-28-24-79-20-16-75-12-8-71-4)51-52(58(62,63)59(64,65)57(51,60)61)48-38-50(87-40(48)2)42-33-45(55(68)84-29-25-80-21-17-76-13-9-72-5)36-46(34-42)56(69)85-30-26-81-22-18-77-14-10-73-6/h31-38H,7-30H2,1-6H3. The zero-order valence-corrected chi connectivity index (χ0v) is 51.0. The fraction of sp³-hybridized carbons (Fsp3) is 0.559. The summed E-state index contributed by atoms with van der Waals surface area (Å²) in [5.74, 6) is -20.7. The highest BCUT2D eigenvalue weighted by Crippen LogP contribution is 2.66. The van der Waals surface area contributed by atoms with Crippen molar-refractivity contribution in [3.05, 3.63) is 91.7 Å². The zero-order valence-electron chi connectivity index (χ0n) is 49.3. The lowest BCUT2D eigenvalue weighted by Crippen LogP contribution is -2.48. The second-order valence-corrected chi connectivity index (χ2v) is 21.2. The maximum Gasteiger partial charge on any atom is 0.380 e. The summed E-state index contributed by atoms with van der Waals surface area (Å²) in [7, 11) is 6.10. The maximum atomic E-state index is 16.6. The van der Waals surface area contributed by atoms with Crippen LogP contribution in [0.25, 0.3) is 32.0 Å². The molecular formula is C59H74F6O20S2. The number of hydrogen-bond donors (Lipinski definition) is 0. The van der Waals surface area contributed by atoms with E-state index in [2.05, 4.69) is 0 Å². The van der Waals surface area contributed by atoms with Gasteiger partial charge in [0.25, 0.3) is 0 Å². The van der Waals surface area contributed by atoms with E-state index < -0.39 is 63.9 Å². The van der Waals surface area contributed by atoms with E-state index in [0.717, 1.165) is 34.8 Å². The van der Waals surface area contributed by atoms with E-state index in [4.69, 9.17) is 75.8 Å². The van der Waals surface area contributed by atoms with Crippen molar-refractivity contribution in [3.63, 3.8) is 0 Å². The number of esters is 4. The third-order valence-corrected chi connectivity index (χ3v) is 14.7. The van der Waals surface area contributed by atoms with Gasteiger partial charge in [0.15, 0.2) is 0 Å². The molecule has 0 saturated carbocycles. The van der Waals surface area contributed by atoms with Crippen molar-refractivity contribution in [1.82, 2.24) is 0 Å². The topological polar surface area (TPSA) is 216 Å². The van der Waals surface area contributed by atoms with Gasteiger partial charge in [0.1, 0.15) is 26.4 Å². The van der Waals surface area contributed by atoms with Crippen LogP contribution in [0.15, 0.2) is 48.5 Å². The molecule has 1 aliphatic carbocycles. The highest BCUT2D eigenvalue weighted by molar-refractivity contribution is 7.16. The highest BCUT2D eigenvalue weighted by atomic mass is 32.1. The SMILES string of the molecule is COCCOCCOCCOC(=O)c1cc(C(=O)OCCOCCOCCOC)cc(-c2cc(C3=C(c4cc(-c5cc(C(=O)OCCOCCOCCOC)cc(C(=O)OCCOCCOCCOC)c5)sc4C)C(F)(F)C(F)(F)C3(F)F)c(C)s2)c1. The molecular weight excluding hydrogens is 1210 g/mol. The predicted octanol–water partition coefficient (Wildman–Crippen LogP) is 8.94. The number of hydrogen-bond acceptors (Lipinski definition) is 22. The van der Waals surface area contributed by atoms with Crippen molar-refractivity contribution >= 4 is 57.7 Å². The van der Waals surface area contributed by atoms with Crippen molar-refractivity contribution in [3.8, 4) is 20.9 Å². The van der Waals surface area contributed by atoms with Gasteiger partial charge in [0.2, 0.25) is 0 Å². The fourth-order valence-electron chi connectivity index (χ4n) is 8.15. The smallest absolute Gasteiger partial charge is 0.380 e. The molecule has 0 fully saturated rings. The largest absolute Gasteiger partial charge is 0.460 e. The summed E-state index contributed by atoms with van der Waals surface area (Å²) in [6.45, 7) is 5.89. The summed E-state index contributed by atoms with van der Waals surface area (Å²) < 4.78 is 183. The average Bonchev–Trinajstić information content (AvgIpc) is 1.54. The number of thiophene rings is 2. The summed E-state index contributed by atoms with van der Waals surface area (Å²) in [4.78, 5) is 54.0. The van der Waals surface area contributed by atoms with E-state index in [1.807, 2.05) is 0 Å². The second kappa shape index (κ2) is 37.5. The normalized spacial score (nSPS) is 14.2. The first-order chi connectivity index (χ1) is 41.8. The van der Waals surface area contributed by atoms with Gasteiger partial charge in [-0.15, -0.1) is 22.7 Å². The number of ether oxygens (including phenoxy) is 16. The highest BCUT2D eigenvalue weighted by Gasteiger charge is 2.80. The van der Waals surface area contributed by atoms with E-state index in [9.17, 15) is 19.2 Å². The van der Waals surface area contributed by atoms with Crippen LogP contribution in [0, 0.1) is 13.8 Å². The lowest BCUT2D eigenvalue weighted by Gasteiger charge is -2.25. The van der Waals surface area contributed by atoms with E-state index in [-0.39, 0.29) is 159 Å². The summed E-state index contributed by atoms with van der Waals surface area (Å²) in [6, 6.07) is 9.37. The Labute approximate surface area is 508 Å². The van der Waals surface area contributed by atoms with Gasteiger partial charge in [-0.05, 0) is 84.6 Å². The Morgan fingerprint density at radius 2 is 0.552 bits per heavy atom. The van der Waals surface area contributed by atoms with E-state index in [1.165, 1.54) is 78.7 Å². The number of aryl methyl sites for hydroxylation is 2. The molecule has 2 aromatic carbocycles. The third-order valence-electron chi connectivity index (χ3n) is 12.5. The van der Waals surface area contributed by atoms with E-state index in [0.29, 0.717) is 52.9 Å². The third kappa shape index (κ3) is 21.4. The number of halogens is 6. The van der Waals surface area contributed by atoms with Crippen molar-refractivity contribution < 1.29 is 121 Å². The Balaban J connectivity index is 1.49. The molecule has 2 aromatic heterocycles. The first kappa shape index (κ1) is 72.3. The Hall–Kier alpha value is -5.44. The molecule has 0 N–H and O–H groups in total. The molecule has 0 amide bonds. The quantitative estimate of drug-likeness (QED) is 0.0175. The summed E-state index contributed by atoms with van der Waals surface area (Å²) >= 11 is 1.48. The lowest BCUT2D eigenvalue weighted by molar-refractivity contribution is -0.254. The predicted molar refractivity (Wildman–Crippen MR) is 306 cm³/mol.